The molecule has 0 aliphatic rings. The molecular weight excluding hydrogens is 290 g/mol. The van der Waals surface area contributed by atoms with Gasteiger partial charge in [-0.15, -0.1) is 0 Å². The van der Waals surface area contributed by atoms with Crippen molar-refractivity contribution in [3.05, 3.63) is 40.5 Å². The lowest BCUT2D eigenvalue weighted by molar-refractivity contribution is 0.0947. The maximum Gasteiger partial charge on any atom is 0.272 e. The third-order valence-corrected chi connectivity index (χ3v) is 3.34. The Balaban J connectivity index is 2.42. The first-order valence-electron chi connectivity index (χ1n) is 6.76. The SMILES string of the molecule is CCCNC(=O)c1nn(-c2ccc(Cl)cc2)c(OC)c1C. The van der Waals surface area contributed by atoms with Crippen LogP contribution in [0.15, 0.2) is 24.3 Å². The van der Waals surface area contributed by atoms with Crippen LogP contribution in [0.4, 0.5) is 0 Å². The first-order chi connectivity index (χ1) is 10.1. The summed E-state index contributed by atoms with van der Waals surface area (Å²) < 4.78 is 6.99. The summed E-state index contributed by atoms with van der Waals surface area (Å²) in [6, 6.07) is 7.18. The van der Waals surface area contributed by atoms with Crippen LogP contribution in [-0.2, 0) is 0 Å². The van der Waals surface area contributed by atoms with Gasteiger partial charge in [0, 0.05) is 17.1 Å². The third kappa shape index (κ3) is 3.19. The number of hydrogen-bond acceptors (Lipinski definition) is 3. The topological polar surface area (TPSA) is 56.2 Å². The van der Waals surface area contributed by atoms with Crippen molar-refractivity contribution in [2.45, 2.75) is 20.3 Å². The number of ether oxygens (including phenoxy) is 1. The van der Waals surface area contributed by atoms with E-state index in [1.807, 2.05) is 26.0 Å². The van der Waals surface area contributed by atoms with E-state index in [-0.39, 0.29) is 5.91 Å². The fourth-order valence-electron chi connectivity index (χ4n) is 2.02. The van der Waals surface area contributed by atoms with E-state index in [4.69, 9.17) is 16.3 Å². The summed E-state index contributed by atoms with van der Waals surface area (Å²) >= 11 is 5.89. The van der Waals surface area contributed by atoms with E-state index in [0.717, 1.165) is 12.1 Å². The quantitative estimate of drug-likeness (QED) is 0.924. The second-order valence-electron chi connectivity index (χ2n) is 4.63. The highest BCUT2D eigenvalue weighted by Crippen LogP contribution is 2.25. The number of benzene rings is 1. The molecule has 0 unspecified atom stereocenters. The van der Waals surface area contributed by atoms with Gasteiger partial charge in [-0.05, 0) is 37.6 Å². The van der Waals surface area contributed by atoms with Gasteiger partial charge in [0.1, 0.15) is 0 Å². The van der Waals surface area contributed by atoms with Crippen LogP contribution in [-0.4, -0.2) is 29.3 Å². The Morgan fingerprint density at radius 3 is 2.62 bits per heavy atom. The molecular formula is C15H18ClN3O2. The Bertz CT molecular complexity index is 635. The van der Waals surface area contributed by atoms with Crippen LogP contribution in [0, 0.1) is 6.92 Å². The van der Waals surface area contributed by atoms with Gasteiger partial charge in [-0.2, -0.15) is 5.10 Å². The molecule has 5 nitrogen and oxygen atoms in total. The van der Waals surface area contributed by atoms with Crippen molar-refractivity contribution in [3.63, 3.8) is 0 Å². The number of carbonyl (C=O) groups excluding carboxylic acids is 1. The molecule has 1 amide bonds. The lowest BCUT2D eigenvalue weighted by atomic mass is 10.2. The van der Waals surface area contributed by atoms with Crippen molar-refractivity contribution < 1.29 is 9.53 Å². The summed E-state index contributed by atoms with van der Waals surface area (Å²) in [4.78, 5) is 12.1. The molecule has 0 bridgehead atoms. The molecule has 0 aliphatic carbocycles. The fraction of sp³-hybridized carbons (Fsp3) is 0.333. The number of carbonyl (C=O) groups is 1. The molecule has 112 valence electrons. The molecule has 1 aromatic heterocycles. The van der Waals surface area contributed by atoms with Crippen molar-refractivity contribution in [2.75, 3.05) is 13.7 Å². The number of methoxy groups -OCH3 is 1. The molecule has 0 saturated carbocycles. The Labute approximate surface area is 128 Å². The van der Waals surface area contributed by atoms with Gasteiger partial charge in [-0.1, -0.05) is 18.5 Å². The number of aromatic nitrogens is 2. The largest absolute Gasteiger partial charge is 0.481 e. The van der Waals surface area contributed by atoms with E-state index in [1.165, 1.54) is 0 Å². The van der Waals surface area contributed by atoms with Crippen LogP contribution in [0.25, 0.3) is 5.69 Å². The van der Waals surface area contributed by atoms with Gasteiger partial charge in [0.05, 0.1) is 12.8 Å². The lowest BCUT2D eigenvalue weighted by Gasteiger charge is -2.06. The standard InChI is InChI=1S/C15H18ClN3O2/c1-4-9-17-14(20)13-10(2)15(21-3)19(18-13)12-7-5-11(16)6-8-12/h5-8H,4,9H2,1-3H3,(H,17,20). The number of amides is 1. The predicted molar refractivity (Wildman–Crippen MR) is 82.5 cm³/mol. The van der Waals surface area contributed by atoms with E-state index in [2.05, 4.69) is 10.4 Å². The highest BCUT2D eigenvalue weighted by Gasteiger charge is 2.21. The fourth-order valence-corrected chi connectivity index (χ4v) is 2.14. The minimum atomic E-state index is -0.194. The number of hydrogen-bond donors (Lipinski definition) is 1. The van der Waals surface area contributed by atoms with E-state index >= 15 is 0 Å². The smallest absolute Gasteiger partial charge is 0.272 e. The minimum Gasteiger partial charge on any atom is -0.481 e. The van der Waals surface area contributed by atoms with Crippen LogP contribution < -0.4 is 10.1 Å². The van der Waals surface area contributed by atoms with Crippen molar-refractivity contribution in [2.24, 2.45) is 0 Å². The minimum absolute atomic E-state index is 0.194. The Hall–Kier alpha value is -2.01. The van der Waals surface area contributed by atoms with E-state index in [1.54, 1.807) is 23.9 Å². The first kappa shape index (κ1) is 15.4. The molecule has 0 aliphatic heterocycles. The average molecular weight is 308 g/mol. The highest BCUT2D eigenvalue weighted by molar-refractivity contribution is 6.30. The van der Waals surface area contributed by atoms with Gasteiger partial charge in [-0.25, -0.2) is 4.68 Å². The van der Waals surface area contributed by atoms with Crippen molar-refractivity contribution in [3.8, 4) is 11.6 Å². The zero-order valence-electron chi connectivity index (χ0n) is 12.3. The number of halogens is 1. The zero-order chi connectivity index (χ0) is 15.4. The molecule has 0 saturated heterocycles. The summed E-state index contributed by atoms with van der Waals surface area (Å²) in [7, 11) is 1.56. The van der Waals surface area contributed by atoms with Gasteiger partial charge < -0.3 is 10.1 Å². The summed E-state index contributed by atoms with van der Waals surface area (Å²) in [5.41, 5.74) is 1.87. The van der Waals surface area contributed by atoms with Gasteiger partial charge in [0.25, 0.3) is 5.91 Å². The van der Waals surface area contributed by atoms with Gasteiger partial charge in [0.2, 0.25) is 5.88 Å². The molecule has 0 radical (unpaired) electrons. The summed E-state index contributed by atoms with van der Waals surface area (Å²) in [5, 5.41) is 7.83. The summed E-state index contributed by atoms with van der Waals surface area (Å²) in [5.74, 6) is 0.347. The lowest BCUT2D eigenvalue weighted by Crippen LogP contribution is -2.25. The van der Waals surface area contributed by atoms with Crippen LogP contribution in [0.5, 0.6) is 5.88 Å². The Kier molecular flexibility index (Phi) is 4.85. The molecule has 1 aromatic carbocycles. The van der Waals surface area contributed by atoms with Gasteiger partial charge in [0.15, 0.2) is 5.69 Å². The average Bonchev–Trinajstić information content (AvgIpc) is 2.82. The predicted octanol–water partition coefficient (Wildman–Crippen LogP) is 2.98. The highest BCUT2D eigenvalue weighted by atomic mass is 35.5. The van der Waals surface area contributed by atoms with Crippen molar-refractivity contribution in [1.29, 1.82) is 0 Å². The van der Waals surface area contributed by atoms with Crippen LogP contribution in [0.1, 0.15) is 29.4 Å². The molecule has 0 spiro atoms. The molecule has 6 heteroatoms. The molecule has 1 heterocycles. The third-order valence-electron chi connectivity index (χ3n) is 3.08. The van der Waals surface area contributed by atoms with Crippen LogP contribution in [0.3, 0.4) is 0 Å². The van der Waals surface area contributed by atoms with Crippen LogP contribution >= 0.6 is 11.6 Å². The van der Waals surface area contributed by atoms with E-state index in [9.17, 15) is 4.79 Å². The van der Waals surface area contributed by atoms with E-state index in [0.29, 0.717) is 28.7 Å². The Morgan fingerprint density at radius 2 is 2.05 bits per heavy atom. The van der Waals surface area contributed by atoms with E-state index < -0.39 is 0 Å². The van der Waals surface area contributed by atoms with Gasteiger partial charge in [-0.3, -0.25) is 4.79 Å². The molecule has 0 atom stereocenters. The number of nitrogens with one attached hydrogen (secondary N) is 1. The summed E-state index contributed by atoms with van der Waals surface area (Å²) in [6.45, 7) is 4.44. The second-order valence-corrected chi connectivity index (χ2v) is 5.06. The van der Waals surface area contributed by atoms with Crippen molar-refractivity contribution >= 4 is 17.5 Å². The molecule has 0 fully saturated rings. The normalized spacial score (nSPS) is 10.5. The summed E-state index contributed by atoms with van der Waals surface area (Å²) in [6.07, 6.45) is 0.875. The maximum atomic E-state index is 12.1. The number of rotatable bonds is 5. The molecule has 21 heavy (non-hydrogen) atoms. The second kappa shape index (κ2) is 6.63. The number of nitrogens with zero attached hydrogens (tertiary/aromatic N) is 2. The van der Waals surface area contributed by atoms with Crippen molar-refractivity contribution in [1.82, 2.24) is 15.1 Å². The zero-order valence-corrected chi connectivity index (χ0v) is 13.1. The molecule has 1 N–H and O–H groups in total. The monoisotopic (exact) mass is 307 g/mol. The maximum absolute atomic E-state index is 12.1. The van der Waals surface area contributed by atoms with Gasteiger partial charge >= 0.3 is 0 Å². The molecule has 2 rings (SSSR count). The van der Waals surface area contributed by atoms with Crippen LogP contribution in [0.2, 0.25) is 5.02 Å². The molecule has 2 aromatic rings. The Morgan fingerprint density at radius 1 is 1.38 bits per heavy atom. The first-order valence-corrected chi connectivity index (χ1v) is 7.14.